The van der Waals surface area contributed by atoms with Crippen LogP contribution in [0.3, 0.4) is 0 Å². The first-order valence-electron chi connectivity index (χ1n) is 4.68. The molecule has 0 unspecified atom stereocenters. The summed E-state index contributed by atoms with van der Waals surface area (Å²) in [5, 5.41) is 8.43. The monoisotopic (exact) mass is 182 g/mol. The molecule has 0 saturated carbocycles. The third kappa shape index (κ3) is 3.93. The molecule has 1 amide bonds. The van der Waals surface area contributed by atoms with Crippen LogP contribution in [0.25, 0.3) is 0 Å². The Labute approximate surface area is 80.3 Å². The van der Waals surface area contributed by atoms with Gasteiger partial charge in [0.05, 0.1) is 12.5 Å². The molecule has 0 aromatic carbocycles. The van der Waals surface area contributed by atoms with Crippen LogP contribution in [0, 0.1) is 17.2 Å². The van der Waals surface area contributed by atoms with Gasteiger partial charge in [0.15, 0.2) is 0 Å². The fraction of sp³-hybridized carbons (Fsp3) is 0.800. The molecule has 0 N–H and O–H groups in total. The van der Waals surface area contributed by atoms with Gasteiger partial charge in [0.2, 0.25) is 5.91 Å². The Hall–Kier alpha value is -1.04. The topological polar surface area (TPSA) is 44.1 Å². The molecule has 0 aromatic heterocycles. The summed E-state index contributed by atoms with van der Waals surface area (Å²) in [6, 6.07) is 2.24. The fourth-order valence-electron chi connectivity index (χ4n) is 1.12. The summed E-state index contributed by atoms with van der Waals surface area (Å²) < 4.78 is 0. The zero-order valence-corrected chi connectivity index (χ0v) is 8.87. The van der Waals surface area contributed by atoms with Gasteiger partial charge in [-0.3, -0.25) is 4.79 Å². The fourth-order valence-corrected chi connectivity index (χ4v) is 1.12. The van der Waals surface area contributed by atoms with Gasteiger partial charge in [0, 0.05) is 18.5 Å². The van der Waals surface area contributed by atoms with Gasteiger partial charge in [-0.05, 0) is 13.8 Å². The van der Waals surface area contributed by atoms with Crippen molar-refractivity contribution in [2.24, 2.45) is 5.92 Å². The third-order valence-corrected chi connectivity index (χ3v) is 1.86. The van der Waals surface area contributed by atoms with Crippen LogP contribution >= 0.6 is 0 Å². The van der Waals surface area contributed by atoms with Crippen LogP contribution in [0.2, 0.25) is 0 Å². The highest BCUT2D eigenvalue weighted by atomic mass is 16.2. The van der Waals surface area contributed by atoms with Gasteiger partial charge in [-0.15, -0.1) is 0 Å². The van der Waals surface area contributed by atoms with E-state index in [0.29, 0.717) is 13.0 Å². The van der Waals surface area contributed by atoms with Crippen LogP contribution in [0.4, 0.5) is 0 Å². The van der Waals surface area contributed by atoms with E-state index in [4.69, 9.17) is 5.26 Å². The molecule has 0 fully saturated rings. The van der Waals surface area contributed by atoms with E-state index >= 15 is 0 Å². The summed E-state index contributed by atoms with van der Waals surface area (Å²) in [6.45, 7) is 8.24. The summed E-state index contributed by atoms with van der Waals surface area (Å²) in [7, 11) is 0. The molecule has 13 heavy (non-hydrogen) atoms. The first-order chi connectivity index (χ1) is 6.00. The Morgan fingerprint density at radius 3 is 2.23 bits per heavy atom. The van der Waals surface area contributed by atoms with Crippen LogP contribution in [-0.4, -0.2) is 23.4 Å². The quantitative estimate of drug-likeness (QED) is 0.665. The number of amides is 1. The molecule has 74 valence electrons. The first kappa shape index (κ1) is 12.0. The molecule has 0 aromatic rings. The molecule has 0 rings (SSSR count). The Morgan fingerprint density at radius 1 is 1.38 bits per heavy atom. The van der Waals surface area contributed by atoms with E-state index in [-0.39, 0.29) is 17.9 Å². The van der Waals surface area contributed by atoms with Crippen molar-refractivity contribution in [2.45, 2.75) is 40.2 Å². The lowest BCUT2D eigenvalue weighted by molar-refractivity contribution is -0.136. The third-order valence-electron chi connectivity index (χ3n) is 1.86. The average Bonchev–Trinajstić information content (AvgIpc) is 2.04. The largest absolute Gasteiger partial charge is 0.339 e. The van der Waals surface area contributed by atoms with Gasteiger partial charge in [0.1, 0.15) is 0 Å². The zero-order chi connectivity index (χ0) is 10.4. The van der Waals surface area contributed by atoms with E-state index in [0.717, 1.165) is 0 Å². The average molecular weight is 182 g/mol. The second kappa shape index (κ2) is 5.58. The standard InChI is InChI=1S/C10H18N2O/c1-8(2)10(13)12(9(3)4)7-5-6-11/h8-9H,5,7H2,1-4H3. The SMILES string of the molecule is CC(C)C(=O)N(CCC#N)C(C)C. The van der Waals surface area contributed by atoms with Crippen molar-refractivity contribution in [2.75, 3.05) is 6.54 Å². The summed E-state index contributed by atoms with van der Waals surface area (Å²) in [5.41, 5.74) is 0. The minimum absolute atomic E-state index is 0.0149. The lowest BCUT2D eigenvalue weighted by atomic mass is 10.1. The molecular weight excluding hydrogens is 164 g/mol. The molecule has 0 bridgehead atoms. The highest BCUT2D eigenvalue weighted by Crippen LogP contribution is 2.06. The smallest absolute Gasteiger partial charge is 0.225 e. The molecule has 0 aliphatic carbocycles. The molecule has 3 heteroatoms. The van der Waals surface area contributed by atoms with Crippen molar-refractivity contribution in [1.29, 1.82) is 5.26 Å². The second-order valence-electron chi connectivity index (χ2n) is 3.69. The van der Waals surface area contributed by atoms with Crippen molar-refractivity contribution < 1.29 is 4.79 Å². The van der Waals surface area contributed by atoms with Crippen LogP contribution in [0.1, 0.15) is 34.1 Å². The highest BCUT2D eigenvalue weighted by molar-refractivity contribution is 5.78. The summed E-state index contributed by atoms with van der Waals surface area (Å²) in [5.74, 6) is 0.145. The van der Waals surface area contributed by atoms with Gasteiger partial charge in [-0.2, -0.15) is 5.26 Å². The summed E-state index contributed by atoms with van der Waals surface area (Å²) in [4.78, 5) is 13.4. The minimum atomic E-state index is 0.0149. The van der Waals surface area contributed by atoms with Crippen molar-refractivity contribution in [1.82, 2.24) is 4.90 Å². The normalized spacial score (nSPS) is 10.2. The van der Waals surface area contributed by atoms with Crippen LogP contribution in [-0.2, 0) is 4.79 Å². The van der Waals surface area contributed by atoms with E-state index in [2.05, 4.69) is 6.07 Å². The van der Waals surface area contributed by atoms with Gasteiger partial charge < -0.3 is 4.90 Å². The molecule has 0 radical (unpaired) electrons. The number of hydrogen-bond donors (Lipinski definition) is 0. The van der Waals surface area contributed by atoms with Crippen LogP contribution in [0.15, 0.2) is 0 Å². The van der Waals surface area contributed by atoms with Crippen molar-refractivity contribution in [3.63, 3.8) is 0 Å². The molecule has 0 spiro atoms. The predicted octanol–water partition coefficient (Wildman–Crippen LogP) is 1.79. The zero-order valence-electron chi connectivity index (χ0n) is 8.87. The van der Waals surface area contributed by atoms with Crippen molar-refractivity contribution in [3.8, 4) is 6.07 Å². The van der Waals surface area contributed by atoms with Gasteiger partial charge in [-0.1, -0.05) is 13.8 Å². The van der Waals surface area contributed by atoms with E-state index in [9.17, 15) is 4.79 Å². The van der Waals surface area contributed by atoms with Gasteiger partial charge in [-0.25, -0.2) is 0 Å². The Morgan fingerprint density at radius 2 is 1.92 bits per heavy atom. The maximum atomic E-state index is 11.6. The second-order valence-corrected chi connectivity index (χ2v) is 3.69. The summed E-state index contributed by atoms with van der Waals surface area (Å²) >= 11 is 0. The van der Waals surface area contributed by atoms with E-state index in [1.807, 2.05) is 27.7 Å². The number of nitrogens with zero attached hydrogens (tertiary/aromatic N) is 2. The van der Waals surface area contributed by atoms with Gasteiger partial charge in [0.25, 0.3) is 0 Å². The van der Waals surface area contributed by atoms with E-state index in [1.54, 1.807) is 4.90 Å². The molecule has 0 saturated heterocycles. The maximum absolute atomic E-state index is 11.6. The molecule has 0 heterocycles. The first-order valence-corrected chi connectivity index (χ1v) is 4.68. The Bertz CT molecular complexity index is 203. The molecule has 0 aliphatic rings. The number of hydrogen-bond acceptors (Lipinski definition) is 2. The van der Waals surface area contributed by atoms with Crippen LogP contribution in [0.5, 0.6) is 0 Å². The number of carbonyl (C=O) groups excluding carboxylic acids is 1. The maximum Gasteiger partial charge on any atom is 0.225 e. The predicted molar refractivity (Wildman–Crippen MR) is 51.9 cm³/mol. The summed E-state index contributed by atoms with van der Waals surface area (Å²) in [6.07, 6.45) is 0.413. The number of carbonyl (C=O) groups is 1. The molecule has 3 nitrogen and oxygen atoms in total. The van der Waals surface area contributed by atoms with E-state index < -0.39 is 0 Å². The van der Waals surface area contributed by atoms with E-state index in [1.165, 1.54) is 0 Å². The lowest BCUT2D eigenvalue weighted by Gasteiger charge is -2.27. The molecule has 0 atom stereocenters. The van der Waals surface area contributed by atoms with Gasteiger partial charge >= 0.3 is 0 Å². The highest BCUT2D eigenvalue weighted by Gasteiger charge is 2.18. The minimum Gasteiger partial charge on any atom is -0.339 e. The van der Waals surface area contributed by atoms with Crippen molar-refractivity contribution in [3.05, 3.63) is 0 Å². The Balaban J connectivity index is 4.26. The van der Waals surface area contributed by atoms with Crippen molar-refractivity contribution >= 4 is 5.91 Å². The number of rotatable bonds is 4. The Kier molecular flexibility index (Phi) is 5.13. The molecule has 0 aliphatic heterocycles. The number of nitriles is 1. The van der Waals surface area contributed by atoms with Crippen LogP contribution < -0.4 is 0 Å². The molecular formula is C10H18N2O. The lowest BCUT2D eigenvalue weighted by Crippen LogP contribution is -2.40.